The Bertz CT molecular complexity index is 194. The fraction of sp³-hybridized carbons (Fsp3) is 1.00. The number of hydrogen-bond acceptors (Lipinski definition) is 3. The van der Waals surface area contributed by atoms with Gasteiger partial charge in [-0.15, -0.1) is 0 Å². The maximum atomic E-state index is 5.99. The van der Waals surface area contributed by atoms with Gasteiger partial charge in [0.1, 0.15) is 0 Å². The Kier molecular flexibility index (Phi) is 5.73. The lowest BCUT2D eigenvalue weighted by Gasteiger charge is -2.35. The third-order valence-corrected chi connectivity index (χ3v) is 3.85. The van der Waals surface area contributed by atoms with Gasteiger partial charge in [-0.3, -0.25) is 5.01 Å². The van der Waals surface area contributed by atoms with Crippen LogP contribution in [0.4, 0.5) is 0 Å². The van der Waals surface area contributed by atoms with E-state index in [9.17, 15) is 0 Å². The third-order valence-electron chi connectivity index (χ3n) is 3.85. The van der Waals surface area contributed by atoms with Crippen LogP contribution in [-0.2, 0) is 0 Å². The molecule has 0 aromatic heterocycles. The molecule has 3 heteroatoms. The van der Waals surface area contributed by atoms with Gasteiger partial charge in [-0.1, -0.05) is 32.6 Å². The lowest BCUT2D eigenvalue weighted by atomic mass is 9.89. The van der Waals surface area contributed by atoms with E-state index in [1.165, 1.54) is 44.9 Å². The Morgan fingerprint density at radius 2 is 2.06 bits per heavy atom. The van der Waals surface area contributed by atoms with E-state index in [1.807, 2.05) is 0 Å². The zero-order valence-electron chi connectivity index (χ0n) is 11.3. The predicted octanol–water partition coefficient (Wildman–Crippen LogP) is 2.13. The highest BCUT2D eigenvalue weighted by atomic mass is 15.5. The Labute approximate surface area is 101 Å². The van der Waals surface area contributed by atoms with Crippen molar-refractivity contribution in [3.8, 4) is 0 Å². The van der Waals surface area contributed by atoms with Gasteiger partial charge in [0.15, 0.2) is 0 Å². The van der Waals surface area contributed by atoms with E-state index in [2.05, 4.69) is 31.5 Å². The zero-order valence-corrected chi connectivity index (χ0v) is 11.3. The molecule has 1 aliphatic carbocycles. The summed E-state index contributed by atoms with van der Waals surface area (Å²) in [5, 5.41) is 2.06. The summed E-state index contributed by atoms with van der Waals surface area (Å²) < 4.78 is 0. The Balaban J connectivity index is 2.53. The number of rotatable bonds is 5. The molecule has 0 aromatic rings. The Hall–Kier alpha value is -0.120. The molecular weight excluding hydrogens is 198 g/mol. The van der Waals surface area contributed by atoms with Gasteiger partial charge in [0.05, 0.1) is 0 Å². The quantitative estimate of drug-likeness (QED) is 0.558. The van der Waals surface area contributed by atoms with Crippen LogP contribution in [0.2, 0.25) is 0 Å². The van der Waals surface area contributed by atoms with Crippen LogP contribution in [0.3, 0.4) is 0 Å². The normalized spacial score (nSPS) is 31.7. The van der Waals surface area contributed by atoms with E-state index in [-0.39, 0.29) is 5.54 Å². The van der Waals surface area contributed by atoms with Crippen molar-refractivity contribution in [2.45, 2.75) is 57.4 Å². The van der Waals surface area contributed by atoms with Gasteiger partial charge < -0.3 is 5.73 Å². The molecular formula is C13H29N3. The number of hydrazine groups is 1. The van der Waals surface area contributed by atoms with Gasteiger partial charge in [-0.25, -0.2) is 5.43 Å². The van der Waals surface area contributed by atoms with Crippen molar-refractivity contribution in [1.29, 1.82) is 0 Å². The molecule has 96 valence electrons. The largest absolute Gasteiger partial charge is 0.329 e. The average Bonchev–Trinajstić information content (AvgIpc) is 2.42. The summed E-state index contributed by atoms with van der Waals surface area (Å²) >= 11 is 0. The lowest BCUT2D eigenvalue weighted by Crippen LogP contribution is -2.56. The van der Waals surface area contributed by atoms with Crippen molar-refractivity contribution < 1.29 is 0 Å². The van der Waals surface area contributed by atoms with Crippen molar-refractivity contribution in [2.24, 2.45) is 11.7 Å². The fourth-order valence-electron chi connectivity index (χ4n) is 3.01. The van der Waals surface area contributed by atoms with E-state index < -0.39 is 0 Å². The van der Waals surface area contributed by atoms with Gasteiger partial charge >= 0.3 is 0 Å². The molecule has 1 saturated carbocycles. The van der Waals surface area contributed by atoms with Crippen molar-refractivity contribution in [1.82, 2.24) is 10.4 Å². The van der Waals surface area contributed by atoms with Crippen LogP contribution in [0, 0.1) is 5.92 Å². The van der Waals surface area contributed by atoms with Crippen LogP contribution >= 0.6 is 0 Å². The minimum atomic E-state index is 0.159. The van der Waals surface area contributed by atoms with Crippen LogP contribution in [-0.4, -0.2) is 31.2 Å². The van der Waals surface area contributed by atoms with E-state index in [4.69, 9.17) is 5.73 Å². The van der Waals surface area contributed by atoms with Crippen molar-refractivity contribution >= 4 is 0 Å². The topological polar surface area (TPSA) is 41.3 Å². The summed E-state index contributed by atoms with van der Waals surface area (Å²) in [4.78, 5) is 0. The molecule has 0 heterocycles. The van der Waals surface area contributed by atoms with Crippen LogP contribution in [0.25, 0.3) is 0 Å². The summed E-state index contributed by atoms with van der Waals surface area (Å²) in [5.74, 6) is 0.933. The van der Waals surface area contributed by atoms with Crippen LogP contribution in [0.1, 0.15) is 51.9 Å². The summed E-state index contributed by atoms with van der Waals surface area (Å²) in [5.41, 5.74) is 9.70. The number of nitrogens with two attached hydrogens (primary N) is 1. The lowest BCUT2D eigenvalue weighted by molar-refractivity contribution is 0.144. The number of nitrogens with zero attached hydrogens (tertiary/aromatic N) is 1. The summed E-state index contributed by atoms with van der Waals surface area (Å²) in [7, 11) is 4.12. The molecule has 3 N–H and O–H groups in total. The number of hydrogen-bond donors (Lipinski definition) is 2. The Morgan fingerprint density at radius 1 is 1.31 bits per heavy atom. The zero-order chi connectivity index (χ0) is 12.0. The first-order chi connectivity index (χ1) is 7.62. The second kappa shape index (κ2) is 6.58. The fourth-order valence-corrected chi connectivity index (χ4v) is 3.01. The third kappa shape index (κ3) is 4.04. The highest BCUT2D eigenvalue weighted by Gasteiger charge is 2.31. The smallest absolute Gasteiger partial charge is 0.0448 e. The minimum Gasteiger partial charge on any atom is -0.329 e. The first-order valence-corrected chi connectivity index (χ1v) is 6.77. The molecule has 0 saturated heterocycles. The molecule has 0 aromatic carbocycles. The van der Waals surface area contributed by atoms with Gasteiger partial charge in [0.2, 0.25) is 0 Å². The van der Waals surface area contributed by atoms with E-state index in [0.717, 1.165) is 12.5 Å². The maximum Gasteiger partial charge on any atom is 0.0448 e. The van der Waals surface area contributed by atoms with Crippen molar-refractivity contribution in [3.05, 3.63) is 0 Å². The maximum absolute atomic E-state index is 5.99. The molecule has 2 atom stereocenters. The summed E-state index contributed by atoms with van der Waals surface area (Å²) in [6.45, 7) is 3.04. The molecule has 0 bridgehead atoms. The molecule has 2 unspecified atom stereocenters. The highest BCUT2D eigenvalue weighted by Crippen LogP contribution is 2.32. The van der Waals surface area contributed by atoms with Crippen LogP contribution in [0.5, 0.6) is 0 Å². The molecule has 0 radical (unpaired) electrons. The highest BCUT2D eigenvalue weighted by molar-refractivity contribution is 4.90. The van der Waals surface area contributed by atoms with Gasteiger partial charge in [-0.05, 0) is 25.2 Å². The van der Waals surface area contributed by atoms with Crippen molar-refractivity contribution in [3.63, 3.8) is 0 Å². The molecule has 1 rings (SSSR count). The van der Waals surface area contributed by atoms with Gasteiger partial charge in [0.25, 0.3) is 0 Å². The molecule has 0 aliphatic heterocycles. The summed E-state index contributed by atoms with van der Waals surface area (Å²) in [6.07, 6.45) is 9.22. The number of nitrogens with one attached hydrogen (secondary N) is 1. The van der Waals surface area contributed by atoms with Gasteiger partial charge in [0, 0.05) is 26.2 Å². The minimum absolute atomic E-state index is 0.159. The molecule has 0 spiro atoms. The second-order valence-electron chi connectivity index (χ2n) is 5.58. The Morgan fingerprint density at radius 3 is 2.62 bits per heavy atom. The molecule has 0 amide bonds. The monoisotopic (exact) mass is 227 g/mol. The van der Waals surface area contributed by atoms with E-state index in [1.54, 1.807) is 0 Å². The van der Waals surface area contributed by atoms with Gasteiger partial charge in [-0.2, -0.15) is 0 Å². The van der Waals surface area contributed by atoms with E-state index >= 15 is 0 Å². The standard InChI is InChI=1S/C13H29N3/c1-4-6-12-7-5-9-13(11-14,10-8-12)15-16(2)3/h12,15H,4-11,14H2,1-3H3. The SMILES string of the molecule is CCCC1CCCC(CN)(NN(C)C)CC1. The first kappa shape index (κ1) is 13.9. The van der Waals surface area contributed by atoms with E-state index in [0.29, 0.717) is 0 Å². The molecule has 1 fully saturated rings. The average molecular weight is 227 g/mol. The molecule has 1 aliphatic rings. The first-order valence-electron chi connectivity index (χ1n) is 6.77. The van der Waals surface area contributed by atoms with Crippen LogP contribution < -0.4 is 11.2 Å². The van der Waals surface area contributed by atoms with Crippen molar-refractivity contribution in [2.75, 3.05) is 20.6 Å². The summed E-state index contributed by atoms with van der Waals surface area (Å²) in [6, 6.07) is 0. The predicted molar refractivity (Wildman–Crippen MR) is 70.1 cm³/mol. The second-order valence-corrected chi connectivity index (χ2v) is 5.58. The molecule has 3 nitrogen and oxygen atoms in total. The molecule has 16 heavy (non-hydrogen) atoms. The van der Waals surface area contributed by atoms with Crippen LogP contribution in [0.15, 0.2) is 0 Å².